The third-order valence-corrected chi connectivity index (χ3v) is 3.29. The first kappa shape index (κ1) is 10.1. The Hall–Kier alpha value is -2.82. The lowest BCUT2D eigenvalue weighted by Crippen LogP contribution is -2.16. The summed E-state index contributed by atoms with van der Waals surface area (Å²) in [5.41, 5.74) is 9.23. The van der Waals surface area contributed by atoms with Gasteiger partial charge in [-0.25, -0.2) is 14.2 Å². The van der Waals surface area contributed by atoms with Crippen molar-refractivity contribution in [3.63, 3.8) is 0 Å². The van der Waals surface area contributed by atoms with Crippen LogP contribution in [0.3, 0.4) is 0 Å². The monoisotopic (exact) mass is 250 g/mol. The lowest BCUT2D eigenvalue weighted by Gasteiger charge is -2.01. The average molecular weight is 250 g/mol. The average Bonchev–Trinajstić information content (AvgIpc) is 2.80. The lowest BCUT2D eigenvalue weighted by atomic mass is 10.2. The molecule has 0 aliphatic carbocycles. The van der Waals surface area contributed by atoms with Crippen LogP contribution in [0, 0.1) is 0 Å². The van der Waals surface area contributed by atoms with Crippen molar-refractivity contribution >= 4 is 33.3 Å². The van der Waals surface area contributed by atoms with Gasteiger partial charge < -0.3 is 10.7 Å². The summed E-state index contributed by atoms with van der Waals surface area (Å²) >= 11 is 0. The Morgan fingerprint density at radius 3 is 2.89 bits per heavy atom. The number of rotatable bonds is 0. The molecule has 4 rings (SSSR count). The fourth-order valence-electron chi connectivity index (χ4n) is 2.44. The summed E-state index contributed by atoms with van der Waals surface area (Å²) in [7, 11) is 0. The Balaban J connectivity index is 2.39. The van der Waals surface area contributed by atoms with Gasteiger partial charge in [-0.3, -0.25) is 0 Å². The minimum absolute atomic E-state index is 0.194. The molecule has 2 heterocycles. The van der Waals surface area contributed by atoms with E-state index < -0.39 is 0 Å². The maximum atomic E-state index is 12.2. The number of nitrogens with zero attached hydrogens (tertiary/aromatic N) is 2. The first-order valence-electron chi connectivity index (χ1n) is 5.93. The van der Waals surface area contributed by atoms with Crippen molar-refractivity contribution in [1.29, 1.82) is 0 Å². The molecule has 0 fully saturated rings. The Kier molecular flexibility index (Phi) is 1.79. The predicted octanol–water partition coefficient (Wildman–Crippen LogP) is 1.91. The summed E-state index contributed by atoms with van der Waals surface area (Å²) in [5, 5.41) is 0.843. The first-order valence-corrected chi connectivity index (χ1v) is 5.93. The second kappa shape index (κ2) is 3.35. The van der Waals surface area contributed by atoms with Crippen LogP contribution in [0.2, 0.25) is 0 Å². The van der Waals surface area contributed by atoms with Gasteiger partial charge >= 0.3 is 5.69 Å². The van der Waals surface area contributed by atoms with Crippen molar-refractivity contribution in [2.24, 2.45) is 0 Å². The SMILES string of the molecule is Nc1ccc2[nH]c(=O)n3c4ccccc4nc3c2c1. The van der Waals surface area contributed by atoms with E-state index in [2.05, 4.69) is 9.97 Å². The summed E-state index contributed by atoms with van der Waals surface area (Å²) in [6.07, 6.45) is 0. The maximum absolute atomic E-state index is 12.2. The number of nitrogens with one attached hydrogen (secondary N) is 1. The van der Waals surface area contributed by atoms with E-state index in [0.717, 1.165) is 21.9 Å². The number of fused-ring (bicyclic) bond motifs is 5. The number of para-hydroxylation sites is 2. The Bertz CT molecular complexity index is 997. The fourth-order valence-corrected chi connectivity index (χ4v) is 2.44. The van der Waals surface area contributed by atoms with Crippen LogP contribution in [0.15, 0.2) is 47.3 Å². The molecule has 0 atom stereocenters. The van der Waals surface area contributed by atoms with Gasteiger partial charge in [0, 0.05) is 11.1 Å². The molecule has 0 unspecified atom stereocenters. The number of anilines is 1. The number of H-pyrrole nitrogens is 1. The van der Waals surface area contributed by atoms with Crippen LogP contribution in [0.5, 0.6) is 0 Å². The Labute approximate surface area is 107 Å². The van der Waals surface area contributed by atoms with Crippen molar-refractivity contribution in [2.75, 3.05) is 5.73 Å². The van der Waals surface area contributed by atoms with Gasteiger partial charge in [-0.15, -0.1) is 0 Å². The van der Waals surface area contributed by atoms with E-state index in [4.69, 9.17) is 5.73 Å². The fraction of sp³-hybridized carbons (Fsp3) is 0. The molecular weight excluding hydrogens is 240 g/mol. The zero-order valence-electron chi connectivity index (χ0n) is 9.92. The number of aromatic amines is 1. The second-order valence-corrected chi connectivity index (χ2v) is 4.49. The maximum Gasteiger partial charge on any atom is 0.332 e. The molecule has 0 radical (unpaired) electrons. The molecular formula is C14H10N4O. The van der Waals surface area contributed by atoms with Crippen LogP contribution in [0.4, 0.5) is 5.69 Å². The molecule has 4 aromatic rings. The zero-order valence-corrected chi connectivity index (χ0v) is 9.92. The number of imidazole rings is 1. The molecule has 19 heavy (non-hydrogen) atoms. The molecule has 0 saturated heterocycles. The van der Waals surface area contributed by atoms with E-state index in [1.165, 1.54) is 0 Å². The van der Waals surface area contributed by atoms with Crippen LogP contribution in [-0.4, -0.2) is 14.4 Å². The zero-order chi connectivity index (χ0) is 13.0. The van der Waals surface area contributed by atoms with Gasteiger partial charge in [0.15, 0.2) is 5.65 Å². The normalized spacial score (nSPS) is 11.6. The summed E-state index contributed by atoms with van der Waals surface area (Å²) in [5.74, 6) is 0. The number of nitrogen functional groups attached to an aromatic ring is 1. The molecule has 2 aromatic carbocycles. The van der Waals surface area contributed by atoms with Crippen LogP contribution in [0.25, 0.3) is 27.6 Å². The highest BCUT2D eigenvalue weighted by molar-refractivity contribution is 5.97. The highest BCUT2D eigenvalue weighted by atomic mass is 16.1. The van der Waals surface area contributed by atoms with Crippen LogP contribution in [0.1, 0.15) is 0 Å². The molecule has 92 valence electrons. The summed E-state index contributed by atoms with van der Waals surface area (Å²) in [6.45, 7) is 0. The largest absolute Gasteiger partial charge is 0.399 e. The quantitative estimate of drug-likeness (QED) is 0.468. The number of hydrogen-bond acceptors (Lipinski definition) is 3. The smallest absolute Gasteiger partial charge is 0.332 e. The molecule has 5 nitrogen and oxygen atoms in total. The van der Waals surface area contributed by atoms with Crippen LogP contribution < -0.4 is 11.4 Å². The van der Waals surface area contributed by atoms with Gasteiger partial charge in [0.1, 0.15) is 0 Å². The third-order valence-electron chi connectivity index (χ3n) is 3.29. The van der Waals surface area contributed by atoms with Gasteiger partial charge in [0.25, 0.3) is 0 Å². The third kappa shape index (κ3) is 1.29. The molecule has 0 amide bonds. The molecule has 0 bridgehead atoms. The summed E-state index contributed by atoms with van der Waals surface area (Å²) in [6, 6.07) is 12.9. The first-order chi connectivity index (χ1) is 9.24. The van der Waals surface area contributed by atoms with Gasteiger partial charge in [-0.2, -0.15) is 0 Å². The molecule has 0 aliphatic heterocycles. The Morgan fingerprint density at radius 2 is 2.00 bits per heavy atom. The van der Waals surface area contributed by atoms with Gasteiger partial charge in [0.2, 0.25) is 0 Å². The van der Waals surface area contributed by atoms with Crippen molar-refractivity contribution in [1.82, 2.24) is 14.4 Å². The topological polar surface area (TPSA) is 76.2 Å². The molecule has 3 N–H and O–H groups in total. The van der Waals surface area contributed by atoms with E-state index in [9.17, 15) is 4.79 Å². The van der Waals surface area contributed by atoms with E-state index in [-0.39, 0.29) is 5.69 Å². The number of nitrogens with two attached hydrogens (primary N) is 1. The van der Waals surface area contributed by atoms with Gasteiger partial charge in [-0.1, -0.05) is 12.1 Å². The molecule has 5 heteroatoms. The molecule has 0 spiro atoms. The van der Waals surface area contributed by atoms with Crippen LogP contribution >= 0.6 is 0 Å². The predicted molar refractivity (Wildman–Crippen MR) is 75.2 cm³/mol. The standard InChI is InChI=1S/C14H10N4O/c15-8-5-6-10-9(7-8)13-16-11-3-1-2-4-12(11)18(13)14(19)17-10/h1-7H,15H2,(H,17,19). The molecule has 0 aliphatic rings. The molecule has 2 aromatic heterocycles. The van der Waals surface area contributed by atoms with Gasteiger partial charge in [0.05, 0.1) is 16.6 Å². The molecule has 0 saturated carbocycles. The highest BCUT2D eigenvalue weighted by Crippen LogP contribution is 2.22. The summed E-state index contributed by atoms with van der Waals surface area (Å²) in [4.78, 5) is 19.6. The van der Waals surface area contributed by atoms with Crippen molar-refractivity contribution < 1.29 is 0 Å². The highest BCUT2D eigenvalue weighted by Gasteiger charge is 2.10. The van der Waals surface area contributed by atoms with Crippen molar-refractivity contribution in [3.05, 3.63) is 52.9 Å². The van der Waals surface area contributed by atoms with Crippen molar-refractivity contribution in [3.8, 4) is 0 Å². The minimum Gasteiger partial charge on any atom is -0.399 e. The summed E-state index contributed by atoms with van der Waals surface area (Å²) < 4.78 is 1.58. The van der Waals surface area contributed by atoms with Crippen molar-refractivity contribution in [2.45, 2.75) is 0 Å². The second-order valence-electron chi connectivity index (χ2n) is 4.49. The minimum atomic E-state index is -0.194. The lowest BCUT2D eigenvalue weighted by molar-refractivity contribution is 1.06. The van der Waals surface area contributed by atoms with E-state index in [1.54, 1.807) is 16.5 Å². The van der Waals surface area contributed by atoms with E-state index in [1.807, 2.05) is 30.3 Å². The van der Waals surface area contributed by atoms with Gasteiger partial charge in [-0.05, 0) is 30.3 Å². The number of benzene rings is 2. The van der Waals surface area contributed by atoms with E-state index >= 15 is 0 Å². The Morgan fingerprint density at radius 1 is 1.16 bits per heavy atom. The number of aromatic nitrogens is 3. The van der Waals surface area contributed by atoms with Crippen LogP contribution in [-0.2, 0) is 0 Å². The number of hydrogen-bond donors (Lipinski definition) is 2. The van der Waals surface area contributed by atoms with E-state index in [0.29, 0.717) is 11.3 Å².